The first-order chi connectivity index (χ1) is 16.2. The lowest BCUT2D eigenvalue weighted by Gasteiger charge is -2.62. The number of aliphatic hydroxyl groups excluding tert-OH is 1. The molecule has 0 amide bonds. The minimum atomic E-state index is -5.80. The van der Waals surface area contributed by atoms with E-state index in [1.165, 1.54) is 6.92 Å². The molecule has 0 heterocycles. The molecule has 8 heteroatoms. The topological polar surface area (TPSA) is 57.5 Å². The summed E-state index contributed by atoms with van der Waals surface area (Å²) in [7, 11) is 0. The summed E-state index contributed by atoms with van der Waals surface area (Å²) in [5.74, 6) is -5.34. The Hall–Kier alpha value is -1.02. The normalized spacial score (nSPS) is 41.7. The molecule has 2 N–H and O–H groups in total. The van der Waals surface area contributed by atoms with Gasteiger partial charge in [0.2, 0.25) is 0 Å². The molecule has 7 atom stereocenters. The van der Waals surface area contributed by atoms with Crippen LogP contribution < -0.4 is 0 Å². The molecule has 0 aromatic carbocycles. The number of carbonyl (C=O) groups is 1. The number of fused-ring (bicyclic) bond motifs is 5. The predicted molar refractivity (Wildman–Crippen MR) is 122 cm³/mol. The van der Waals surface area contributed by atoms with E-state index in [2.05, 4.69) is 6.92 Å². The van der Waals surface area contributed by atoms with Crippen LogP contribution in [0.4, 0.5) is 22.0 Å². The molecule has 3 saturated carbocycles. The van der Waals surface area contributed by atoms with Crippen molar-refractivity contribution in [3.63, 3.8) is 0 Å². The highest BCUT2D eigenvalue weighted by Crippen LogP contribution is 2.72. The van der Waals surface area contributed by atoms with Crippen molar-refractivity contribution in [3.8, 4) is 0 Å². The number of allylic oxidation sites excluding steroid dienone is 1. The molecule has 4 rings (SSSR count). The van der Waals surface area contributed by atoms with Crippen molar-refractivity contribution in [1.29, 1.82) is 0 Å². The van der Waals surface area contributed by atoms with Crippen LogP contribution in [-0.2, 0) is 4.79 Å². The molecule has 0 aliphatic heterocycles. The van der Waals surface area contributed by atoms with E-state index in [0.29, 0.717) is 32.1 Å². The quantitative estimate of drug-likeness (QED) is 0.302. The van der Waals surface area contributed by atoms with E-state index >= 15 is 0 Å². The third-order valence-electron chi connectivity index (χ3n) is 10.6. The van der Waals surface area contributed by atoms with Crippen LogP contribution in [0.5, 0.6) is 0 Å². The van der Waals surface area contributed by atoms with Crippen molar-refractivity contribution in [2.45, 2.75) is 109 Å². The monoisotopic (exact) mass is 506 g/mol. The maximum atomic E-state index is 14.8. The third-order valence-corrected chi connectivity index (χ3v) is 10.6. The van der Waals surface area contributed by atoms with Crippen molar-refractivity contribution < 1.29 is 37.0 Å². The fourth-order valence-corrected chi connectivity index (χ4v) is 8.64. The molecule has 0 saturated heterocycles. The summed E-state index contributed by atoms with van der Waals surface area (Å²) >= 11 is 0. The molecule has 200 valence electrons. The lowest BCUT2D eigenvalue weighted by molar-refractivity contribution is -0.364. The van der Waals surface area contributed by atoms with Gasteiger partial charge in [-0.15, -0.1) is 0 Å². The number of alkyl halides is 5. The van der Waals surface area contributed by atoms with Gasteiger partial charge < -0.3 is 10.2 Å². The van der Waals surface area contributed by atoms with Crippen LogP contribution in [0.25, 0.3) is 0 Å². The zero-order valence-corrected chi connectivity index (χ0v) is 20.8. The summed E-state index contributed by atoms with van der Waals surface area (Å²) in [5.41, 5.74) is -3.77. The van der Waals surface area contributed by atoms with Crippen molar-refractivity contribution >= 4 is 5.78 Å². The molecular weight excluding hydrogens is 467 g/mol. The molecule has 3 fully saturated rings. The minimum Gasteiger partial charge on any atom is -0.396 e. The second-order valence-corrected chi connectivity index (χ2v) is 12.2. The molecule has 0 aromatic heterocycles. The minimum absolute atomic E-state index is 0.0556. The summed E-state index contributed by atoms with van der Waals surface area (Å²) in [6.07, 6.45) is 2.21. The first-order valence-corrected chi connectivity index (χ1v) is 13.2. The van der Waals surface area contributed by atoms with E-state index in [9.17, 15) is 31.9 Å². The summed E-state index contributed by atoms with van der Waals surface area (Å²) in [6.45, 7) is 3.75. The van der Waals surface area contributed by atoms with Crippen LogP contribution >= 0.6 is 0 Å². The Balaban J connectivity index is 1.69. The van der Waals surface area contributed by atoms with Crippen LogP contribution in [-0.4, -0.2) is 40.3 Å². The van der Waals surface area contributed by atoms with Gasteiger partial charge in [0.25, 0.3) is 0 Å². The van der Waals surface area contributed by atoms with Gasteiger partial charge in [-0.2, -0.15) is 22.0 Å². The molecule has 0 unspecified atom stereocenters. The van der Waals surface area contributed by atoms with Crippen LogP contribution in [0.1, 0.15) is 90.9 Å². The van der Waals surface area contributed by atoms with Crippen LogP contribution in [0, 0.1) is 34.5 Å². The molecule has 3 nitrogen and oxygen atoms in total. The van der Waals surface area contributed by atoms with E-state index in [1.807, 2.05) is 0 Å². The van der Waals surface area contributed by atoms with Crippen LogP contribution in [0.15, 0.2) is 11.6 Å². The Bertz CT molecular complexity index is 854. The van der Waals surface area contributed by atoms with Gasteiger partial charge in [-0.1, -0.05) is 38.7 Å². The number of hydrogen-bond donors (Lipinski definition) is 2. The largest absolute Gasteiger partial charge is 0.456 e. The Morgan fingerprint density at radius 3 is 2.29 bits per heavy atom. The SMILES string of the molecule is C[C@]12CCC(=O)C=C1C[C@@H](CCCCCCO)[C@@H]1[C@@H]2CC[C@@]2(C)[C@H]1CC[C@@]2(O)C(F)(F)C(F)(F)F. The highest BCUT2D eigenvalue weighted by atomic mass is 19.4. The van der Waals surface area contributed by atoms with Gasteiger partial charge in [0.1, 0.15) is 5.60 Å². The van der Waals surface area contributed by atoms with Crippen molar-refractivity contribution in [2.24, 2.45) is 34.5 Å². The van der Waals surface area contributed by atoms with Crippen LogP contribution in [0.3, 0.4) is 0 Å². The fraction of sp³-hybridized carbons (Fsp3) is 0.889. The molecule has 4 aliphatic rings. The smallest absolute Gasteiger partial charge is 0.396 e. The van der Waals surface area contributed by atoms with Crippen molar-refractivity contribution in [3.05, 3.63) is 11.6 Å². The van der Waals surface area contributed by atoms with E-state index in [4.69, 9.17) is 5.11 Å². The average Bonchev–Trinajstić information content (AvgIpc) is 3.06. The molecular formula is C27H39F5O3. The average molecular weight is 507 g/mol. The molecule has 35 heavy (non-hydrogen) atoms. The van der Waals surface area contributed by atoms with Crippen molar-refractivity contribution in [1.82, 2.24) is 0 Å². The number of unbranched alkanes of at least 4 members (excludes halogenated alkanes) is 3. The van der Waals surface area contributed by atoms with Gasteiger partial charge in [-0.25, -0.2) is 0 Å². The van der Waals surface area contributed by atoms with E-state index < -0.39 is 35.5 Å². The predicted octanol–water partition coefficient (Wildman–Crippen LogP) is 6.62. The maximum absolute atomic E-state index is 14.8. The lowest BCUT2D eigenvalue weighted by Crippen LogP contribution is -2.66. The van der Waals surface area contributed by atoms with E-state index in [0.717, 1.165) is 31.3 Å². The standard InChI is InChI=1S/C27H39F5O3/c1-23-11-8-19(34)16-18(23)15-17(7-5-3-4-6-14-33)22-20(23)9-12-24(2)21(22)10-13-25(24,35)26(28,29)27(30,31)32/h16-17,20-22,33,35H,3-15H2,1-2H3/t17-,20+,21+,22-,23+,24+,25+/m1/s1. The second-order valence-electron chi connectivity index (χ2n) is 12.2. The van der Waals surface area contributed by atoms with E-state index in [1.54, 1.807) is 6.08 Å². The Kier molecular flexibility index (Phi) is 7.00. The maximum Gasteiger partial charge on any atom is 0.456 e. The van der Waals surface area contributed by atoms with Crippen LogP contribution in [0.2, 0.25) is 0 Å². The highest BCUT2D eigenvalue weighted by Gasteiger charge is 2.79. The van der Waals surface area contributed by atoms with Gasteiger partial charge in [0.15, 0.2) is 5.78 Å². The number of carbonyl (C=O) groups excluding carboxylic acids is 1. The summed E-state index contributed by atoms with van der Waals surface area (Å²) in [5, 5.41) is 20.2. The molecule has 0 aromatic rings. The molecule has 0 spiro atoms. The Morgan fingerprint density at radius 1 is 0.971 bits per heavy atom. The summed E-state index contributed by atoms with van der Waals surface area (Å²) in [4.78, 5) is 12.3. The molecule has 0 radical (unpaired) electrons. The number of rotatable bonds is 7. The fourth-order valence-electron chi connectivity index (χ4n) is 8.64. The second kappa shape index (κ2) is 9.07. The number of aliphatic hydroxyl groups is 2. The molecule has 4 aliphatic carbocycles. The molecule has 0 bridgehead atoms. The third kappa shape index (κ3) is 4.00. The number of halogens is 5. The number of ketones is 1. The lowest BCUT2D eigenvalue weighted by atomic mass is 9.43. The van der Waals surface area contributed by atoms with Gasteiger partial charge in [0, 0.05) is 18.4 Å². The van der Waals surface area contributed by atoms with Gasteiger partial charge in [-0.3, -0.25) is 4.79 Å². The Morgan fingerprint density at radius 2 is 1.63 bits per heavy atom. The zero-order chi connectivity index (χ0) is 25.9. The van der Waals surface area contributed by atoms with Gasteiger partial charge in [-0.05, 0) is 86.5 Å². The zero-order valence-electron chi connectivity index (χ0n) is 20.8. The number of hydrogen-bond acceptors (Lipinski definition) is 3. The van der Waals surface area contributed by atoms with Gasteiger partial charge >= 0.3 is 12.1 Å². The summed E-state index contributed by atoms with van der Waals surface area (Å²) < 4.78 is 70.1. The van der Waals surface area contributed by atoms with Gasteiger partial charge in [0.05, 0.1) is 0 Å². The Labute approximate surface area is 204 Å². The van der Waals surface area contributed by atoms with E-state index in [-0.39, 0.29) is 48.4 Å². The van der Waals surface area contributed by atoms with Crippen molar-refractivity contribution in [2.75, 3.05) is 6.61 Å². The first-order valence-electron chi connectivity index (χ1n) is 13.2. The highest BCUT2D eigenvalue weighted by molar-refractivity contribution is 5.91. The summed E-state index contributed by atoms with van der Waals surface area (Å²) in [6, 6.07) is 0. The first kappa shape index (κ1) is 27.0.